The van der Waals surface area contributed by atoms with Crippen molar-refractivity contribution in [3.05, 3.63) is 83.5 Å². The zero-order chi connectivity index (χ0) is 30.1. The predicted molar refractivity (Wildman–Crippen MR) is 165 cm³/mol. The minimum Gasteiger partial charge on any atom is -0.495 e. The number of hydrogen-bond donors (Lipinski definition) is 1. The number of pyridine rings is 2. The molecule has 11 heteroatoms. The first-order valence-corrected chi connectivity index (χ1v) is 15.0. The topological polar surface area (TPSA) is 118 Å². The molecule has 0 unspecified atom stereocenters. The van der Waals surface area contributed by atoms with Gasteiger partial charge in [-0.15, -0.1) is 0 Å². The van der Waals surface area contributed by atoms with Gasteiger partial charge in [0.15, 0.2) is 5.65 Å². The Bertz CT molecular complexity index is 1980. The van der Waals surface area contributed by atoms with Crippen LogP contribution in [0.2, 0.25) is 0 Å². The Morgan fingerprint density at radius 2 is 1.89 bits per heavy atom. The predicted octanol–water partition coefficient (Wildman–Crippen LogP) is 5.15. The second kappa shape index (κ2) is 10.0. The number of aryl methyl sites for hydroxylation is 1. The van der Waals surface area contributed by atoms with Crippen molar-refractivity contribution in [1.29, 1.82) is 0 Å². The Hall–Kier alpha value is -5.06. The van der Waals surface area contributed by atoms with E-state index in [-0.39, 0.29) is 18.5 Å². The van der Waals surface area contributed by atoms with Gasteiger partial charge in [0.05, 0.1) is 36.2 Å². The van der Waals surface area contributed by atoms with Gasteiger partial charge in [-0.25, -0.2) is 19.7 Å². The molecule has 1 saturated heterocycles. The molecule has 8 rings (SSSR count). The highest BCUT2D eigenvalue weighted by Gasteiger charge is 2.43. The van der Waals surface area contributed by atoms with Crippen molar-refractivity contribution in [2.24, 2.45) is 0 Å². The lowest BCUT2D eigenvalue weighted by molar-refractivity contribution is -0.123. The monoisotopic (exact) mass is 588 g/mol. The van der Waals surface area contributed by atoms with E-state index in [0.717, 1.165) is 69.2 Å². The molecule has 2 saturated carbocycles. The van der Waals surface area contributed by atoms with Crippen LogP contribution in [0.25, 0.3) is 16.6 Å². The van der Waals surface area contributed by atoms with E-state index in [4.69, 9.17) is 14.7 Å². The Morgan fingerprint density at radius 1 is 1.02 bits per heavy atom. The van der Waals surface area contributed by atoms with Crippen molar-refractivity contribution in [3.63, 3.8) is 0 Å². The number of amides is 3. The van der Waals surface area contributed by atoms with E-state index in [1.807, 2.05) is 48.0 Å². The van der Waals surface area contributed by atoms with E-state index in [1.165, 1.54) is 11.9 Å². The van der Waals surface area contributed by atoms with E-state index < -0.39 is 0 Å². The van der Waals surface area contributed by atoms with Gasteiger partial charge in [-0.3, -0.25) is 19.6 Å². The maximum absolute atomic E-state index is 12.9. The van der Waals surface area contributed by atoms with Crippen LogP contribution in [-0.4, -0.2) is 61.9 Å². The first-order chi connectivity index (χ1) is 21.4. The number of imidazole rings is 1. The molecule has 11 nitrogen and oxygen atoms in total. The van der Waals surface area contributed by atoms with Crippen molar-refractivity contribution in [2.75, 3.05) is 30.9 Å². The number of anilines is 2. The van der Waals surface area contributed by atoms with E-state index in [9.17, 15) is 9.59 Å². The molecular weight excluding hydrogens is 556 g/mol. The molecule has 1 aromatic carbocycles. The highest BCUT2D eigenvalue weighted by Crippen LogP contribution is 2.53. The van der Waals surface area contributed by atoms with Gasteiger partial charge in [-0.2, -0.15) is 0 Å². The molecular formula is C33H32N8O3. The molecule has 1 aliphatic heterocycles. The van der Waals surface area contributed by atoms with E-state index in [0.29, 0.717) is 41.4 Å². The summed E-state index contributed by atoms with van der Waals surface area (Å²) in [6, 6.07) is 11.8. The van der Waals surface area contributed by atoms with Gasteiger partial charge in [0.2, 0.25) is 5.91 Å². The number of fused-ring (bicyclic) bond motifs is 2. The normalized spacial score (nSPS) is 19.8. The number of aromatic nitrogens is 5. The summed E-state index contributed by atoms with van der Waals surface area (Å²) in [7, 11) is 3.18. The smallest absolute Gasteiger partial charge is 0.331 e. The number of nitrogens with one attached hydrogen (secondary N) is 1. The second-order valence-electron chi connectivity index (χ2n) is 12.1. The lowest BCUT2D eigenvalue weighted by Crippen LogP contribution is -2.30. The van der Waals surface area contributed by atoms with Crippen molar-refractivity contribution < 1.29 is 14.3 Å². The van der Waals surface area contributed by atoms with E-state index in [1.54, 1.807) is 7.11 Å². The number of hydrogen-bond acceptors (Lipinski definition) is 8. The van der Waals surface area contributed by atoms with Gasteiger partial charge in [-0.05, 0) is 68.0 Å². The zero-order valence-electron chi connectivity index (χ0n) is 24.8. The Morgan fingerprint density at radius 3 is 2.64 bits per heavy atom. The largest absolute Gasteiger partial charge is 0.495 e. The number of rotatable bonds is 8. The summed E-state index contributed by atoms with van der Waals surface area (Å²) in [5.41, 5.74) is 6.99. The van der Waals surface area contributed by atoms with Crippen molar-refractivity contribution in [1.82, 2.24) is 29.2 Å². The van der Waals surface area contributed by atoms with Crippen LogP contribution in [0.15, 0.2) is 55.0 Å². The van der Waals surface area contributed by atoms with Crippen LogP contribution < -0.4 is 15.0 Å². The molecule has 3 fully saturated rings. The van der Waals surface area contributed by atoms with Gasteiger partial charge < -0.3 is 14.5 Å². The summed E-state index contributed by atoms with van der Waals surface area (Å²) in [4.78, 5) is 46.9. The highest BCUT2D eigenvalue weighted by atomic mass is 16.5. The molecule has 5 aromatic rings. The fourth-order valence-electron chi connectivity index (χ4n) is 6.18. The first kappa shape index (κ1) is 26.6. The maximum Gasteiger partial charge on any atom is 0.331 e. The van der Waals surface area contributed by atoms with Crippen LogP contribution in [-0.2, 0) is 11.3 Å². The minimum atomic E-state index is -0.329. The van der Waals surface area contributed by atoms with Gasteiger partial charge >= 0.3 is 6.03 Å². The number of nitrogens with zero attached hydrogens (tertiary/aromatic N) is 7. The SMILES string of the molecule is COc1cc2ccc([C@H]3C[C@@H]3c3nccc(C)n3)nc2cc1NCc1cn2cc(C3CC3)cc(N3CC(=O)N(C)C3=O)c2n1. The number of carbonyl (C=O) groups is 2. The molecule has 2 atom stereocenters. The van der Waals surface area contributed by atoms with Crippen molar-refractivity contribution in [2.45, 2.75) is 50.5 Å². The number of likely N-dealkylation sites (N-methyl/N-ethyl adjacent to an activating group) is 1. The van der Waals surface area contributed by atoms with Gasteiger partial charge in [0.25, 0.3) is 0 Å². The van der Waals surface area contributed by atoms with Crippen LogP contribution >= 0.6 is 0 Å². The maximum atomic E-state index is 12.9. The zero-order valence-corrected chi connectivity index (χ0v) is 24.8. The third-order valence-electron chi connectivity index (χ3n) is 8.94. The Kier molecular flexibility index (Phi) is 6.04. The number of ether oxygens (including phenoxy) is 1. The fraction of sp³-hybridized carbons (Fsp3) is 0.333. The number of benzene rings is 1. The molecule has 5 heterocycles. The number of carbonyl (C=O) groups excluding carboxylic acids is 2. The highest BCUT2D eigenvalue weighted by molar-refractivity contribution is 6.13. The molecule has 1 N–H and O–H groups in total. The molecule has 44 heavy (non-hydrogen) atoms. The summed E-state index contributed by atoms with van der Waals surface area (Å²) in [5, 5.41) is 4.50. The second-order valence-corrected chi connectivity index (χ2v) is 12.1. The van der Waals surface area contributed by atoms with E-state index >= 15 is 0 Å². The summed E-state index contributed by atoms with van der Waals surface area (Å²) >= 11 is 0. The third kappa shape index (κ3) is 4.59. The third-order valence-corrected chi connectivity index (χ3v) is 8.94. The van der Waals surface area contributed by atoms with Crippen LogP contribution in [0.3, 0.4) is 0 Å². The molecule has 2 aliphatic carbocycles. The standard InChI is InChI=1S/C33H32N8O3/c1-18-8-9-34-31(36-18)24-12-23(24)25-7-6-20-11-29(44-3)27(13-26(20)38-25)35-14-22-16-40-15-21(19-4-5-19)10-28(32(40)37-22)41-17-30(42)39(2)33(41)43/h6-11,13,15-16,19,23-24,35H,4-5,12,14,17H2,1-3H3/t23-,24-/m0/s1. The first-order valence-electron chi connectivity index (χ1n) is 15.0. The number of imide groups is 1. The van der Waals surface area contributed by atoms with Crippen LogP contribution in [0, 0.1) is 6.92 Å². The van der Waals surface area contributed by atoms with Crippen LogP contribution in [0.5, 0.6) is 5.75 Å². The number of methoxy groups -OCH3 is 1. The van der Waals surface area contributed by atoms with Crippen LogP contribution in [0.1, 0.15) is 65.5 Å². The van der Waals surface area contributed by atoms with Gasteiger partial charge in [0.1, 0.15) is 18.1 Å². The summed E-state index contributed by atoms with van der Waals surface area (Å²) in [6.45, 7) is 2.44. The molecule has 4 aromatic heterocycles. The summed E-state index contributed by atoms with van der Waals surface area (Å²) < 4.78 is 7.71. The average Bonchev–Trinajstić information content (AvgIpc) is 3.96. The van der Waals surface area contributed by atoms with Gasteiger partial charge in [-0.1, -0.05) is 6.07 Å². The summed E-state index contributed by atoms with van der Waals surface area (Å²) in [6.07, 6.45) is 9.14. The lowest BCUT2D eigenvalue weighted by atomic mass is 10.1. The van der Waals surface area contributed by atoms with Crippen LogP contribution in [0.4, 0.5) is 16.2 Å². The minimum absolute atomic E-state index is 0.0163. The quantitative estimate of drug-likeness (QED) is 0.248. The molecule has 3 aliphatic rings. The average molecular weight is 589 g/mol. The lowest BCUT2D eigenvalue weighted by Gasteiger charge is -2.17. The fourth-order valence-corrected chi connectivity index (χ4v) is 6.18. The Balaban J connectivity index is 1.07. The number of urea groups is 1. The van der Waals surface area contributed by atoms with Gasteiger partial charge in [0, 0.05) is 54.2 Å². The molecule has 0 radical (unpaired) electrons. The molecule has 222 valence electrons. The molecule has 0 bridgehead atoms. The molecule has 3 amide bonds. The van der Waals surface area contributed by atoms with Crippen molar-refractivity contribution >= 4 is 39.9 Å². The molecule has 0 spiro atoms. The van der Waals surface area contributed by atoms with E-state index in [2.05, 4.69) is 33.6 Å². The Labute approximate surface area is 253 Å². The summed E-state index contributed by atoms with van der Waals surface area (Å²) in [5.74, 6) is 2.47. The van der Waals surface area contributed by atoms with Crippen molar-refractivity contribution in [3.8, 4) is 5.75 Å².